The summed E-state index contributed by atoms with van der Waals surface area (Å²) in [6, 6.07) is 6.72. The summed E-state index contributed by atoms with van der Waals surface area (Å²) >= 11 is 0. The molecule has 0 spiro atoms. The first-order chi connectivity index (χ1) is 9.49. The van der Waals surface area contributed by atoms with Crippen molar-refractivity contribution in [2.24, 2.45) is 16.6 Å². The van der Waals surface area contributed by atoms with Gasteiger partial charge in [0.05, 0.1) is 0 Å². The second-order valence-corrected chi connectivity index (χ2v) is 4.78. The summed E-state index contributed by atoms with van der Waals surface area (Å²) in [6.45, 7) is 2.45. The van der Waals surface area contributed by atoms with Gasteiger partial charge in [0.2, 0.25) is 0 Å². The molecule has 0 amide bonds. The molecular weight excluding hydrogens is 391 g/mol. The molecular formula is C14H22F2IN3O. The van der Waals surface area contributed by atoms with Gasteiger partial charge in [-0.1, -0.05) is 32.0 Å². The van der Waals surface area contributed by atoms with Crippen molar-refractivity contribution in [3.8, 4) is 5.75 Å². The first-order valence-electron chi connectivity index (χ1n) is 6.55. The summed E-state index contributed by atoms with van der Waals surface area (Å²) < 4.78 is 29.0. The number of hydrogen-bond acceptors (Lipinski definition) is 2. The minimum atomic E-state index is -2.82. The van der Waals surface area contributed by atoms with E-state index in [2.05, 4.69) is 28.9 Å². The lowest BCUT2D eigenvalue weighted by Gasteiger charge is -2.11. The maximum atomic E-state index is 12.2. The van der Waals surface area contributed by atoms with Crippen molar-refractivity contribution in [2.75, 3.05) is 13.1 Å². The molecule has 0 radical (unpaired) electrons. The normalized spacial score (nSPS) is 11.4. The third kappa shape index (κ3) is 8.69. The van der Waals surface area contributed by atoms with Crippen LogP contribution < -0.4 is 15.8 Å². The number of guanidine groups is 1. The molecule has 3 N–H and O–H groups in total. The van der Waals surface area contributed by atoms with Crippen LogP contribution in [0, 0.1) is 5.92 Å². The predicted octanol–water partition coefficient (Wildman–Crippen LogP) is 3.01. The topological polar surface area (TPSA) is 59.6 Å². The summed E-state index contributed by atoms with van der Waals surface area (Å²) in [5.74, 6) is 1.00. The summed E-state index contributed by atoms with van der Waals surface area (Å²) in [6.07, 6.45) is 0.529. The molecule has 1 aromatic rings. The van der Waals surface area contributed by atoms with Crippen LogP contribution in [0.15, 0.2) is 29.3 Å². The lowest BCUT2D eigenvalue weighted by molar-refractivity contribution is -0.0504. The van der Waals surface area contributed by atoms with E-state index in [-0.39, 0.29) is 29.7 Å². The van der Waals surface area contributed by atoms with Crippen LogP contribution in [0.5, 0.6) is 5.75 Å². The second kappa shape index (κ2) is 10.6. The van der Waals surface area contributed by atoms with E-state index in [4.69, 9.17) is 5.73 Å². The summed E-state index contributed by atoms with van der Waals surface area (Å²) in [7, 11) is 0. The molecule has 0 aliphatic carbocycles. The average molecular weight is 413 g/mol. The Labute approximate surface area is 141 Å². The molecule has 0 heterocycles. The van der Waals surface area contributed by atoms with Crippen molar-refractivity contribution < 1.29 is 13.5 Å². The third-order valence-electron chi connectivity index (χ3n) is 2.52. The number of halogens is 3. The summed E-state index contributed by atoms with van der Waals surface area (Å²) in [4.78, 5) is 4.16. The lowest BCUT2D eigenvalue weighted by atomic mass is 10.1. The van der Waals surface area contributed by atoms with Crippen molar-refractivity contribution in [1.82, 2.24) is 5.32 Å². The largest absolute Gasteiger partial charge is 0.435 e. The van der Waals surface area contributed by atoms with Crippen molar-refractivity contribution in [3.63, 3.8) is 0 Å². The number of nitrogens with two attached hydrogens (primary N) is 1. The van der Waals surface area contributed by atoms with Gasteiger partial charge < -0.3 is 15.8 Å². The van der Waals surface area contributed by atoms with E-state index < -0.39 is 6.61 Å². The first kappa shape index (κ1) is 19.9. The van der Waals surface area contributed by atoms with Crippen LogP contribution >= 0.6 is 24.0 Å². The highest BCUT2D eigenvalue weighted by molar-refractivity contribution is 14.0. The van der Waals surface area contributed by atoms with Gasteiger partial charge in [-0.05, 0) is 24.0 Å². The Morgan fingerprint density at radius 3 is 2.62 bits per heavy atom. The highest BCUT2D eigenvalue weighted by Crippen LogP contribution is 2.20. The van der Waals surface area contributed by atoms with Crippen LogP contribution in [0.4, 0.5) is 8.78 Å². The van der Waals surface area contributed by atoms with Crippen LogP contribution in [-0.4, -0.2) is 25.7 Å². The fraction of sp³-hybridized carbons (Fsp3) is 0.500. The van der Waals surface area contributed by atoms with E-state index in [1.807, 2.05) is 0 Å². The molecule has 0 aromatic heterocycles. The molecule has 0 atom stereocenters. The van der Waals surface area contributed by atoms with Gasteiger partial charge in [-0.25, -0.2) is 0 Å². The van der Waals surface area contributed by atoms with E-state index in [0.717, 1.165) is 0 Å². The van der Waals surface area contributed by atoms with E-state index in [9.17, 15) is 8.78 Å². The number of aliphatic imine (C=N–C) groups is 1. The van der Waals surface area contributed by atoms with Crippen LogP contribution in [-0.2, 0) is 6.42 Å². The van der Waals surface area contributed by atoms with E-state index in [0.29, 0.717) is 37.0 Å². The Balaban J connectivity index is 0.00000400. The number of benzene rings is 1. The maximum absolute atomic E-state index is 12.2. The number of para-hydroxylation sites is 1. The zero-order valence-electron chi connectivity index (χ0n) is 12.2. The fourth-order valence-corrected chi connectivity index (χ4v) is 1.58. The van der Waals surface area contributed by atoms with Gasteiger partial charge in [-0.3, -0.25) is 4.99 Å². The van der Waals surface area contributed by atoms with E-state index in [1.54, 1.807) is 18.2 Å². The summed E-state index contributed by atoms with van der Waals surface area (Å²) in [5.41, 5.74) is 6.40. The molecule has 0 aliphatic rings. The maximum Gasteiger partial charge on any atom is 0.387 e. The highest BCUT2D eigenvalue weighted by atomic mass is 127. The van der Waals surface area contributed by atoms with Crippen molar-refractivity contribution in [3.05, 3.63) is 29.8 Å². The molecule has 1 aromatic carbocycles. The van der Waals surface area contributed by atoms with Gasteiger partial charge in [0, 0.05) is 13.1 Å². The number of rotatable bonds is 7. The molecule has 0 saturated carbocycles. The predicted molar refractivity (Wildman–Crippen MR) is 91.5 cm³/mol. The quantitative estimate of drug-likeness (QED) is 0.411. The number of alkyl halides is 2. The number of hydrogen-bond donors (Lipinski definition) is 2. The van der Waals surface area contributed by atoms with E-state index in [1.165, 1.54) is 6.07 Å². The Bertz CT molecular complexity index is 442. The lowest BCUT2D eigenvalue weighted by Crippen LogP contribution is -2.33. The van der Waals surface area contributed by atoms with Crippen molar-refractivity contribution in [2.45, 2.75) is 26.9 Å². The van der Waals surface area contributed by atoms with Gasteiger partial charge in [0.15, 0.2) is 5.96 Å². The molecule has 0 fully saturated rings. The molecule has 0 aliphatic heterocycles. The van der Waals surface area contributed by atoms with Gasteiger partial charge in [0.1, 0.15) is 5.75 Å². The Hall–Kier alpha value is -1.12. The zero-order chi connectivity index (χ0) is 15.0. The molecule has 0 bridgehead atoms. The van der Waals surface area contributed by atoms with Crippen LogP contribution in [0.2, 0.25) is 0 Å². The number of nitrogens with zero attached hydrogens (tertiary/aromatic N) is 1. The van der Waals surface area contributed by atoms with Gasteiger partial charge in [-0.15, -0.1) is 24.0 Å². The highest BCUT2D eigenvalue weighted by Gasteiger charge is 2.08. The SMILES string of the molecule is CC(C)CN=C(N)NCCc1ccccc1OC(F)F.I. The monoisotopic (exact) mass is 413 g/mol. The first-order valence-corrected chi connectivity index (χ1v) is 6.55. The molecule has 21 heavy (non-hydrogen) atoms. The Kier molecular flexibility index (Phi) is 10.0. The molecule has 120 valence electrons. The Morgan fingerprint density at radius 2 is 2.00 bits per heavy atom. The standard InChI is InChI=1S/C14H21F2N3O.HI/c1-10(2)9-19-14(17)18-8-7-11-5-3-4-6-12(11)20-13(15)16;/h3-6,10,13H,7-9H2,1-2H3,(H3,17,18,19);1H. The van der Waals surface area contributed by atoms with Crippen LogP contribution in [0.25, 0.3) is 0 Å². The van der Waals surface area contributed by atoms with Gasteiger partial charge >= 0.3 is 6.61 Å². The van der Waals surface area contributed by atoms with Crippen molar-refractivity contribution >= 4 is 29.9 Å². The molecule has 4 nitrogen and oxygen atoms in total. The van der Waals surface area contributed by atoms with Gasteiger partial charge in [-0.2, -0.15) is 8.78 Å². The van der Waals surface area contributed by atoms with Crippen LogP contribution in [0.3, 0.4) is 0 Å². The number of nitrogens with one attached hydrogen (secondary N) is 1. The molecule has 0 saturated heterocycles. The fourth-order valence-electron chi connectivity index (χ4n) is 1.58. The Morgan fingerprint density at radius 1 is 1.33 bits per heavy atom. The van der Waals surface area contributed by atoms with E-state index >= 15 is 0 Å². The molecule has 7 heteroatoms. The third-order valence-corrected chi connectivity index (χ3v) is 2.52. The van der Waals surface area contributed by atoms with Crippen LogP contribution in [0.1, 0.15) is 19.4 Å². The number of ether oxygens (including phenoxy) is 1. The zero-order valence-corrected chi connectivity index (χ0v) is 14.5. The minimum Gasteiger partial charge on any atom is -0.435 e. The summed E-state index contributed by atoms with van der Waals surface area (Å²) in [5, 5.41) is 2.95. The molecule has 1 rings (SSSR count). The van der Waals surface area contributed by atoms with Gasteiger partial charge in [0.25, 0.3) is 0 Å². The second-order valence-electron chi connectivity index (χ2n) is 4.78. The molecule has 0 unspecified atom stereocenters. The average Bonchev–Trinajstić information content (AvgIpc) is 2.38. The van der Waals surface area contributed by atoms with Crippen molar-refractivity contribution in [1.29, 1.82) is 0 Å². The smallest absolute Gasteiger partial charge is 0.387 e. The minimum absolute atomic E-state index is 0.